The van der Waals surface area contributed by atoms with Gasteiger partial charge in [0.1, 0.15) is 5.65 Å². The van der Waals surface area contributed by atoms with Gasteiger partial charge in [0.2, 0.25) is 11.8 Å². The first kappa shape index (κ1) is 13.7. The number of aromatic hydroxyl groups is 2. The highest BCUT2D eigenvalue weighted by Gasteiger charge is 2.59. The van der Waals surface area contributed by atoms with Crippen LogP contribution in [0.1, 0.15) is 37.8 Å². The van der Waals surface area contributed by atoms with Crippen LogP contribution in [-0.2, 0) is 15.9 Å². The van der Waals surface area contributed by atoms with E-state index < -0.39 is 11.2 Å². The van der Waals surface area contributed by atoms with Crippen molar-refractivity contribution in [2.24, 2.45) is 0 Å². The fraction of sp³-hybridized carbons (Fsp3) is 0.353. The van der Waals surface area contributed by atoms with Gasteiger partial charge in [-0.15, -0.1) is 0 Å². The summed E-state index contributed by atoms with van der Waals surface area (Å²) in [6, 6.07) is 3.51. The summed E-state index contributed by atoms with van der Waals surface area (Å²) in [4.78, 5) is 4.24. The molecule has 0 saturated carbocycles. The molecule has 3 aromatic heterocycles. The molecular weight excluding hydrogens is 308 g/mol. The SMILES string of the molecule is CC12CCC(C)(O1)c1c2c(O)n(-c2c(N)ccc3nccn23)c1O. The van der Waals surface area contributed by atoms with E-state index in [2.05, 4.69) is 4.98 Å². The highest BCUT2D eigenvalue weighted by atomic mass is 16.5. The molecule has 7 heteroatoms. The van der Waals surface area contributed by atoms with Crippen molar-refractivity contribution >= 4 is 11.3 Å². The van der Waals surface area contributed by atoms with E-state index in [0.29, 0.717) is 28.3 Å². The third-order valence-electron chi connectivity index (χ3n) is 5.49. The van der Waals surface area contributed by atoms with Crippen LogP contribution in [0, 0.1) is 0 Å². The van der Waals surface area contributed by atoms with Crippen molar-refractivity contribution in [3.8, 4) is 17.6 Å². The van der Waals surface area contributed by atoms with E-state index in [9.17, 15) is 10.2 Å². The van der Waals surface area contributed by atoms with Crippen molar-refractivity contribution in [3.05, 3.63) is 35.7 Å². The van der Waals surface area contributed by atoms with Gasteiger partial charge in [-0.05, 0) is 38.8 Å². The Kier molecular flexibility index (Phi) is 2.21. The molecule has 3 aromatic rings. The van der Waals surface area contributed by atoms with Gasteiger partial charge < -0.3 is 20.7 Å². The number of rotatable bonds is 1. The Bertz CT molecular complexity index is 981. The minimum absolute atomic E-state index is 0.0266. The van der Waals surface area contributed by atoms with Gasteiger partial charge in [0.25, 0.3) is 0 Å². The number of nitrogen functional groups attached to an aromatic ring is 1. The van der Waals surface area contributed by atoms with E-state index in [1.165, 1.54) is 4.57 Å². The van der Waals surface area contributed by atoms with Gasteiger partial charge in [-0.3, -0.25) is 4.40 Å². The first-order chi connectivity index (χ1) is 11.4. The first-order valence-corrected chi connectivity index (χ1v) is 7.95. The lowest BCUT2D eigenvalue weighted by atomic mass is 9.80. The first-order valence-electron chi connectivity index (χ1n) is 7.95. The molecule has 0 aliphatic carbocycles. The van der Waals surface area contributed by atoms with Crippen molar-refractivity contribution < 1.29 is 14.9 Å². The third kappa shape index (κ3) is 1.35. The van der Waals surface area contributed by atoms with E-state index in [1.807, 2.05) is 13.8 Å². The van der Waals surface area contributed by atoms with Crippen molar-refractivity contribution in [3.63, 3.8) is 0 Å². The maximum absolute atomic E-state index is 10.9. The summed E-state index contributed by atoms with van der Waals surface area (Å²) < 4.78 is 9.28. The summed E-state index contributed by atoms with van der Waals surface area (Å²) in [5.41, 5.74) is 7.42. The van der Waals surface area contributed by atoms with E-state index in [1.54, 1.807) is 28.9 Å². The molecule has 5 heterocycles. The molecule has 0 aromatic carbocycles. The Hall–Kier alpha value is -2.67. The van der Waals surface area contributed by atoms with E-state index in [0.717, 1.165) is 12.8 Å². The number of ether oxygens (including phenoxy) is 1. The number of fused-ring (bicyclic) bond motifs is 6. The molecule has 0 radical (unpaired) electrons. The molecule has 2 atom stereocenters. The molecule has 24 heavy (non-hydrogen) atoms. The van der Waals surface area contributed by atoms with Crippen LogP contribution in [0.5, 0.6) is 11.8 Å². The van der Waals surface area contributed by atoms with Crippen molar-refractivity contribution in [1.82, 2.24) is 14.0 Å². The average Bonchev–Trinajstić information content (AvgIpc) is 3.22. The number of imidazole rings is 1. The van der Waals surface area contributed by atoms with Gasteiger partial charge in [0, 0.05) is 12.4 Å². The van der Waals surface area contributed by atoms with Crippen molar-refractivity contribution in [2.75, 3.05) is 5.73 Å². The number of hydrogen-bond donors (Lipinski definition) is 3. The lowest BCUT2D eigenvalue weighted by Gasteiger charge is -2.21. The highest BCUT2D eigenvalue weighted by Crippen LogP contribution is 2.64. The van der Waals surface area contributed by atoms with Crippen LogP contribution in [0.4, 0.5) is 5.69 Å². The molecule has 2 bridgehead atoms. The van der Waals surface area contributed by atoms with E-state index in [4.69, 9.17) is 10.5 Å². The topological polar surface area (TPSA) is 97.9 Å². The van der Waals surface area contributed by atoms with Crippen LogP contribution in [0.25, 0.3) is 11.5 Å². The van der Waals surface area contributed by atoms with Gasteiger partial charge in [0.15, 0.2) is 5.82 Å². The Morgan fingerprint density at radius 3 is 2.38 bits per heavy atom. The van der Waals surface area contributed by atoms with Gasteiger partial charge in [-0.1, -0.05) is 0 Å². The third-order valence-corrected chi connectivity index (χ3v) is 5.49. The van der Waals surface area contributed by atoms with Gasteiger partial charge >= 0.3 is 0 Å². The molecular formula is C17H18N4O3. The smallest absolute Gasteiger partial charge is 0.206 e. The van der Waals surface area contributed by atoms with Gasteiger partial charge in [-0.2, -0.15) is 0 Å². The fourth-order valence-corrected chi connectivity index (χ4v) is 4.41. The largest absolute Gasteiger partial charge is 0.494 e. The summed E-state index contributed by atoms with van der Waals surface area (Å²) in [5.74, 6) is 0.420. The minimum Gasteiger partial charge on any atom is -0.494 e. The Morgan fingerprint density at radius 1 is 1.12 bits per heavy atom. The summed E-state index contributed by atoms with van der Waals surface area (Å²) in [7, 11) is 0. The lowest BCUT2D eigenvalue weighted by molar-refractivity contribution is -0.0683. The summed E-state index contributed by atoms with van der Waals surface area (Å²) in [6.45, 7) is 3.91. The van der Waals surface area contributed by atoms with Crippen LogP contribution < -0.4 is 5.73 Å². The second-order valence-electron chi connectivity index (χ2n) is 7.06. The maximum Gasteiger partial charge on any atom is 0.206 e. The molecule has 2 aliphatic rings. The number of nitrogens with zero attached hydrogens (tertiary/aromatic N) is 3. The molecule has 5 rings (SSSR count). The normalized spacial score (nSPS) is 27.9. The molecule has 7 nitrogen and oxygen atoms in total. The summed E-state index contributed by atoms with van der Waals surface area (Å²) in [6.07, 6.45) is 5.01. The average molecular weight is 326 g/mol. The van der Waals surface area contributed by atoms with Gasteiger partial charge in [0.05, 0.1) is 28.0 Å². The predicted octanol–water partition coefficient (Wildman–Crippen LogP) is 2.37. The van der Waals surface area contributed by atoms with Gasteiger partial charge in [-0.25, -0.2) is 9.55 Å². The number of pyridine rings is 1. The maximum atomic E-state index is 10.9. The van der Waals surface area contributed by atoms with Crippen LogP contribution in [0.3, 0.4) is 0 Å². The number of anilines is 1. The zero-order valence-corrected chi connectivity index (χ0v) is 13.4. The summed E-state index contributed by atoms with van der Waals surface area (Å²) >= 11 is 0. The molecule has 4 N–H and O–H groups in total. The van der Waals surface area contributed by atoms with Crippen LogP contribution in [0.2, 0.25) is 0 Å². The van der Waals surface area contributed by atoms with E-state index >= 15 is 0 Å². The second-order valence-corrected chi connectivity index (χ2v) is 7.06. The number of nitrogens with two attached hydrogens (primary N) is 1. The zero-order chi connectivity index (χ0) is 16.9. The van der Waals surface area contributed by atoms with E-state index in [-0.39, 0.29) is 11.8 Å². The van der Waals surface area contributed by atoms with Crippen LogP contribution >= 0.6 is 0 Å². The number of aromatic nitrogens is 3. The zero-order valence-electron chi connectivity index (χ0n) is 13.4. The van der Waals surface area contributed by atoms with Crippen molar-refractivity contribution in [1.29, 1.82) is 0 Å². The monoisotopic (exact) mass is 326 g/mol. The van der Waals surface area contributed by atoms with Crippen molar-refractivity contribution in [2.45, 2.75) is 37.9 Å². The molecule has 2 unspecified atom stereocenters. The summed E-state index contributed by atoms with van der Waals surface area (Å²) in [5, 5.41) is 21.9. The minimum atomic E-state index is -0.589. The Morgan fingerprint density at radius 2 is 1.75 bits per heavy atom. The Balaban J connectivity index is 1.90. The highest BCUT2D eigenvalue weighted by molar-refractivity contribution is 5.67. The molecule has 2 aliphatic heterocycles. The molecule has 1 saturated heterocycles. The van der Waals surface area contributed by atoms with Crippen LogP contribution in [-0.4, -0.2) is 24.2 Å². The fourth-order valence-electron chi connectivity index (χ4n) is 4.41. The van der Waals surface area contributed by atoms with Crippen LogP contribution in [0.15, 0.2) is 24.5 Å². The molecule has 124 valence electrons. The predicted molar refractivity (Wildman–Crippen MR) is 87.3 cm³/mol. The second kappa shape index (κ2) is 3.87. The lowest BCUT2D eigenvalue weighted by Crippen LogP contribution is -2.18. The molecule has 0 spiro atoms. The molecule has 0 amide bonds. The number of hydrogen-bond acceptors (Lipinski definition) is 5. The standard InChI is InChI=1S/C17H18N4O3/c1-16-5-6-17(2,24-16)12-11(16)14(22)21(15(12)23)13-9(18)3-4-10-19-7-8-20(10)13/h3-4,7-8,22-23H,5-6,18H2,1-2H3. The quantitative estimate of drug-likeness (QED) is 0.638. The molecule has 1 fully saturated rings. The Labute approximate surface area is 137 Å².